The molecule has 88 valence electrons. The monoisotopic (exact) mass is 337 g/mol. The fourth-order valence-electron chi connectivity index (χ4n) is 2.06. The third-order valence-corrected chi connectivity index (χ3v) is 3.86. The first-order valence-corrected chi connectivity index (χ1v) is 6.78. The van der Waals surface area contributed by atoms with E-state index in [0.717, 1.165) is 0 Å². The van der Waals surface area contributed by atoms with Crippen molar-refractivity contribution in [1.29, 1.82) is 0 Å². The van der Waals surface area contributed by atoms with Crippen LogP contribution in [0.25, 0.3) is 0 Å². The Morgan fingerprint density at radius 1 is 1.06 bits per heavy atom. The zero-order valence-electron chi connectivity index (χ0n) is 10.1. The summed E-state index contributed by atoms with van der Waals surface area (Å²) in [4.78, 5) is 0. The molecule has 0 saturated carbocycles. The summed E-state index contributed by atoms with van der Waals surface area (Å²) in [7, 11) is 2.01. The van der Waals surface area contributed by atoms with E-state index in [2.05, 4.69) is 83.4 Å². The number of hydrogen-bond acceptors (Lipinski definition) is 1. The molecule has 1 unspecified atom stereocenters. The second-order valence-corrected chi connectivity index (χ2v) is 5.32. The Bertz CT molecular complexity index is 508. The normalized spacial score (nSPS) is 12.4. The fourth-order valence-corrected chi connectivity index (χ4v) is 2.76. The van der Waals surface area contributed by atoms with Crippen molar-refractivity contribution in [2.75, 3.05) is 7.05 Å². The third-order valence-electron chi connectivity index (χ3n) is 2.88. The second-order valence-electron chi connectivity index (χ2n) is 4.16. The topological polar surface area (TPSA) is 12.0 Å². The molecule has 2 heteroatoms. The molecule has 1 atom stereocenters. The van der Waals surface area contributed by atoms with Gasteiger partial charge in [-0.15, -0.1) is 0 Å². The largest absolute Gasteiger partial charge is 0.309 e. The van der Waals surface area contributed by atoms with E-state index in [-0.39, 0.29) is 6.04 Å². The molecule has 2 aromatic rings. The summed E-state index contributed by atoms with van der Waals surface area (Å²) < 4.78 is 1.30. The van der Waals surface area contributed by atoms with Crippen LogP contribution in [0.2, 0.25) is 0 Å². The Morgan fingerprint density at radius 2 is 1.82 bits per heavy atom. The maximum atomic E-state index is 3.40. The highest BCUT2D eigenvalue weighted by atomic mass is 127. The van der Waals surface area contributed by atoms with E-state index < -0.39 is 0 Å². The van der Waals surface area contributed by atoms with Gasteiger partial charge in [0, 0.05) is 3.57 Å². The summed E-state index contributed by atoms with van der Waals surface area (Å²) in [5, 5.41) is 3.40. The molecule has 2 rings (SSSR count). The highest BCUT2D eigenvalue weighted by Gasteiger charge is 2.14. The molecule has 0 aromatic heterocycles. The predicted octanol–water partition coefficient (Wildman–Crippen LogP) is 3.91. The van der Waals surface area contributed by atoms with Gasteiger partial charge in [-0.3, -0.25) is 0 Å². The average molecular weight is 337 g/mol. The van der Waals surface area contributed by atoms with E-state index in [1.807, 2.05) is 7.05 Å². The SMILES string of the molecule is CNC(c1cccc(C)c1)c1ccccc1I. The molecule has 0 heterocycles. The molecule has 2 aromatic carbocycles. The van der Waals surface area contributed by atoms with Gasteiger partial charge in [-0.05, 0) is 53.8 Å². The van der Waals surface area contributed by atoms with Gasteiger partial charge >= 0.3 is 0 Å². The molecule has 0 aliphatic carbocycles. The van der Waals surface area contributed by atoms with E-state index in [9.17, 15) is 0 Å². The lowest BCUT2D eigenvalue weighted by molar-refractivity contribution is 0.688. The maximum Gasteiger partial charge on any atom is 0.0584 e. The average Bonchev–Trinajstić information content (AvgIpc) is 2.33. The van der Waals surface area contributed by atoms with Crippen LogP contribution in [0.5, 0.6) is 0 Å². The van der Waals surface area contributed by atoms with Crippen LogP contribution < -0.4 is 5.32 Å². The van der Waals surface area contributed by atoms with E-state index in [1.165, 1.54) is 20.3 Å². The Morgan fingerprint density at radius 3 is 2.47 bits per heavy atom. The first kappa shape index (κ1) is 12.6. The number of aryl methyl sites for hydroxylation is 1. The zero-order chi connectivity index (χ0) is 12.3. The first-order valence-electron chi connectivity index (χ1n) is 5.70. The van der Waals surface area contributed by atoms with Gasteiger partial charge < -0.3 is 5.32 Å². The van der Waals surface area contributed by atoms with Gasteiger partial charge in [0.15, 0.2) is 0 Å². The summed E-state index contributed by atoms with van der Waals surface area (Å²) in [6.07, 6.45) is 0. The Kier molecular flexibility index (Phi) is 4.18. The van der Waals surface area contributed by atoms with Crippen LogP contribution in [0.1, 0.15) is 22.7 Å². The Hall–Kier alpha value is -0.870. The van der Waals surface area contributed by atoms with E-state index >= 15 is 0 Å². The second kappa shape index (κ2) is 5.65. The minimum atomic E-state index is 0.267. The van der Waals surface area contributed by atoms with Gasteiger partial charge in [0.1, 0.15) is 0 Å². The first-order chi connectivity index (χ1) is 8.22. The van der Waals surface area contributed by atoms with Crippen LogP contribution >= 0.6 is 22.6 Å². The van der Waals surface area contributed by atoms with E-state index in [1.54, 1.807) is 0 Å². The number of benzene rings is 2. The van der Waals surface area contributed by atoms with Crippen molar-refractivity contribution >= 4 is 22.6 Å². The van der Waals surface area contributed by atoms with Crippen molar-refractivity contribution < 1.29 is 0 Å². The Balaban J connectivity index is 2.44. The zero-order valence-corrected chi connectivity index (χ0v) is 12.2. The smallest absolute Gasteiger partial charge is 0.0584 e. The fraction of sp³-hybridized carbons (Fsp3) is 0.200. The predicted molar refractivity (Wildman–Crippen MR) is 81.2 cm³/mol. The number of hydrogen-bond donors (Lipinski definition) is 1. The van der Waals surface area contributed by atoms with Crippen molar-refractivity contribution in [2.24, 2.45) is 0 Å². The molecule has 0 aliphatic rings. The van der Waals surface area contributed by atoms with E-state index in [0.29, 0.717) is 0 Å². The molecule has 17 heavy (non-hydrogen) atoms. The van der Waals surface area contributed by atoms with E-state index in [4.69, 9.17) is 0 Å². The minimum Gasteiger partial charge on any atom is -0.309 e. The van der Waals surface area contributed by atoms with Gasteiger partial charge in [-0.2, -0.15) is 0 Å². The highest BCUT2D eigenvalue weighted by molar-refractivity contribution is 14.1. The summed E-state index contributed by atoms with van der Waals surface area (Å²) in [5.41, 5.74) is 3.95. The molecule has 1 N–H and O–H groups in total. The molecule has 0 radical (unpaired) electrons. The molecule has 0 bridgehead atoms. The summed E-state index contributed by atoms with van der Waals surface area (Å²) in [6, 6.07) is 17.4. The lowest BCUT2D eigenvalue weighted by atomic mass is 9.98. The van der Waals surface area contributed by atoms with Crippen LogP contribution in [0.4, 0.5) is 0 Å². The molecule has 0 spiro atoms. The van der Waals surface area contributed by atoms with Crippen LogP contribution in [-0.2, 0) is 0 Å². The van der Waals surface area contributed by atoms with Crippen molar-refractivity contribution in [3.8, 4) is 0 Å². The minimum absolute atomic E-state index is 0.267. The van der Waals surface area contributed by atoms with Crippen molar-refractivity contribution in [2.45, 2.75) is 13.0 Å². The molecular formula is C15H16IN. The molecule has 0 amide bonds. The highest BCUT2D eigenvalue weighted by Crippen LogP contribution is 2.26. The summed E-state index contributed by atoms with van der Waals surface area (Å²) in [6.45, 7) is 2.13. The van der Waals surface area contributed by atoms with Gasteiger partial charge in [-0.25, -0.2) is 0 Å². The van der Waals surface area contributed by atoms with Crippen molar-refractivity contribution in [3.05, 3.63) is 68.8 Å². The third kappa shape index (κ3) is 2.87. The van der Waals surface area contributed by atoms with Crippen molar-refractivity contribution in [1.82, 2.24) is 5.32 Å². The van der Waals surface area contributed by atoms with Crippen LogP contribution in [-0.4, -0.2) is 7.05 Å². The van der Waals surface area contributed by atoms with Crippen LogP contribution in [0.15, 0.2) is 48.5 Å². The molecule has 1 nitrogen and oxygen atoms in total. The van der Waals surface area contributed by atoms with Gasteiger partial charge in [-0.1, -0.05) is 48.0 Å². The van der Waals surface area contributed by atoms with Gasteiger partial charge in [0.05, 0.1) is 6.04 Å². The molecule has 0 saturated heterocycles. The number of nitrogens with one attached hydrogen (secondary N) is 1. The number of halogens is 1. The molecule has 0 fully saturated rings. The summed E-state index contributed by atoms with van der Waals surface area (Å²) >= 11 is 2.39. The maximum absolute atomic E-state index is 3.40. The van der Waals surface area contributed by atoms with Crippen molar-refractivity contribution in [3.63, 3.8) is 0 Å². The lowest BCUT2D eigenvalue weighted by Crippen LogP contribution is -2.18. The molecular weight excluding hydrogens is 321 g/mol. The molecule has 0 aliphatic heterocycles. The van der Waals surface area contributed by atoms with Gasteiger partial charge in [0.25, 0.3) is 0 Å². The van der Waals surface area contributed by atoms with Crippen LogP contribution in [0, 0.1) is 10.5 Å². The standard InChI is InChI=1S/C15H16IN/c1-11-6-5-7-12(10-11)15(17-2)13-8-3-4-9-14(13)16/h3-10,15,17H,1-2H3. The van der Waals surface area contributed by atoms with Gasteiger partial charge in [0.2, 0.25) is 0 Å². The van der Waals surface area contributed by atoms with Crippen LogP contribution in [0.3, 0.4) is 0 Å². The quantitative estimate of drug-likeness (QED) is 0.838. The Labute approximate surface area is 116 Å². The number of rotatable bonds is 3. The summed E-state index contributed by atoms with van der Waals surface area (Å²) in [5.74, 6) is 0. The lowest BCUT2D eigenvalue weighted by Gasteiger charge is -2.19.